The van der Waals surface area contributed by atoms with Crippen LogP contribution in [0.25, 0.3) is 0 Å². The van der Waals surface area contributed by atoms with Crippen LogP contribution in [0.5, 0.6) is 5.75 Å². The Morgan fingerprint density at radius 1 is 1.17 bits per heavy atom. The zero-order valence-electron chi connectivity index (χ0n) is 19.9. The number of aliphatic hydroxyl groups excluding tert-OH is 2. The van der Waals surface area contributed by atoms with Gasteiger partial charge in [0, 0.05) is 11.0 Å². The minimum atomic E-state index is -2.58. The molecule has 3 aliphatic rings. The van der Waals surface area contributed by atoms with Crippen molar-refractivity contribution >= 4 is 34.3 Å². The summed E-state index contributed by atoms with van der Waals surface area (Å²) >= 11 is 5.76. The van der Waals surface area contributed by atoms with Crippen LogP contribution in [0.3, 0.4) is 0 Å². The fourth-order valence-corrected chi connectivity index (χ4v) is 7.89. The second-order valence-corrected chi connectivity index (χ2v) is 11.6. The van der Waals surface area contributed by atoms with Crippen molar-refractivity contribution in [3.05, 3.63) is 28.8 Å². The number of phenols is 1. The van der Waals surface area contributed by atoms with Gasteiger partial charge in [0.2, 0.25) is 5.91 Å². The lowest BCUT2D eigenvalue weighted by atomic mass is 9.39. The summed E-state index contributed by atoms with van der Waals surface area (Å²) in [5, 5.41) is 44.3. The summed E-state index contributed by atoms with van der Waals surface area (Å²) in [7, 11) is 0. The lowest BCUT2D eigenvalue weighted by Gasteiger charge is -2.66. The molecule has 6 N–H and O–H groups in total. The van der Waals surface area contributed by atoms with Crippen molar-refractivity contribution in [1.82, 2.24) is 0 Å². The molecule has 0 heterocycles. The maximum Gasteiger partial charge on any atom is 0.252 e. The standard InChI is InChI=1S/C25H30ClNO8/c1-9(2)15-18(30)14(22(27)34)19(31)25(35)20(32)16-17(29)13-11(7-23(16,3)8-24(15,25)4)10(21(26)33)5-6-12(13)28/h5-6,9,14-16,18,20,28,30,32,35H,7-8H2,1-4H3,(H2,27,34)/t14-,15+,16-,18?,20?,23-,24-,25+/m1/s1. The number of hydrogen-bond acceptors (Lipinski definition) is 8. The Hall–Kier alpha value is -2.33. The zero-order valence-corrected chi connectivity index (χ0v) is 20.7. The fraction of sp³-hybridized carbons (Fsp3) is 0.600. The highest BCUT2D eigenvalue weighted by Gasteiger charge is 2.75. The Morgan fingerprint density at radius 3 is 2.29 bits per heavy atom. The van der Waals surface area contributed by atoms with Crippen molar-refractivity contribution in [2.24, 2.45) is 40.2 Å². The van der Waals surface area contributed by atoms with E-state index in [4.69, 9.17) is 17.3 Å². The third-order valence-electron chi connectivity index (χ3n) is 8.88. The van der Waals surface area contributed by atoms with E-state index in [-0.39, 0.29) is 35.4 Å². The lowest BCUT2D eigenvalue weighted by molar-refractivity contribution is -0.265. The molecule has 0 spiro atoms. The lowest BCUT2D eigenvalue weighted by Crippen LogP contribution is -2.79. The number of aromatic hydroxyl groups is 1. The van der Waals surface area contributed by atoms with Gasteiger partial charge in [-0.05, 0) is 59.4 Å². The van der Waals surface area contributed by atoms with E-state index in [0.29, 0.717) is 0 Å². The molecule has 2 saturated carbocycles. The summed E-state index contributed by atoms with van der Waals surface area (Å²) in [6.45, 7) is 6.79. The summed E-state index contributed by atoms with van der Waals surface area (Å²) in [5.74, 6) is -7.72. The predicted octanol–water partition coefficient (Wildman–Crippen LogP) is 0.952. The number of Topliss-reactive ketones (excluding diaryl/α,β-unsaturated/α-hetero) is 2. The van der Waals surface area contributed by atoms with Gasteiger partial charge in [-0.3, -0.25) is 19.2 Å². The van der Waals surface area contributed by atoms with E-state index in [1.54, 1.807) is 27.7 Å². The molecule has 0 bridgehead atoms. The number of carbonyl (C=O) groups is 4. The van der Waals surface area contributed by atoms with Gasteiger partial charge in [-0.2, -0.15) is 0 Å². The molecule has 1 aromatic rings. The smallest absolute Gasteiger partial charge is 0.252 e. The van der Waals surface area contributed by atoms with Crippen LogP contribution in [0.1, 0.15) is 60.4 Å². The second kappa shape index (κ2) is 7.83. The number of aliphatic hydroxyl groups is 3. The summed E-state index contributed by atoms with van der Waals surface area (Å²) in [5.41, 5.74) is 0.384. The van der Waals surface area contributed by atoms with E-state index >= 15 is 0 Å². The maximum absolute atomic E-state index is 13.7. The number of nitrogens with two attached hydrogens (primary N) is 1. The Balaban J connectivity index is 1.99. The number of amides is 1. The quantitative estimate of drug-likeness (QED) is 0.296. The summed E-state index contributed by atoms with van der Waals surface area (Å²) in [6.07, 6.45) is -3.44. The van der Waals surface area contributed by atoms with Crippen LogP contribution in [0.15, 0.2) is 12.1 Å². The molecule has 3 aliphatic carbocycles. The van der Waals surface area contributed by atoms with E-state index in [9.17, 15) is 39.6 Å². The largest absolute Gasteiger partial charge is 0.507 e. The van der Waals surface area contributed by atoms with Gasteiger partial charge in [-0.25, -0.2) is 0 Å². The van der Waals surface area contributed by atoms with E-state index in [1.807, 2.05) is 0 Å². The molecule has 0 radical (unpaired) electrons. The first-order valence-electron chi connectivity index (χ1n) is 11.6. The minimum absolute atomic E-state index is 0.00783. The summed E-state index contributed by atoms with van der Waals surface area (Å²) < 4.78 is 0. The van der Waals surface area contributed by atoms with Crippen LogP contribution in [0.4, 0.5) is 0 Å². The van der Waals surface area contributed by atoms with E-state index in [0.717, 1.165) is 6.07 Å². The number of benzene rings is 1. The molecule has 0 aromatic heterocycles. The summed E-state index contributed by atoms with van der Waals surface area (Å²) in [4.78, 5) is 51.6. The fourth-order valence-electron chi connectivity index (χ4n) is 7.72. The van der Waals surface area contributed by atoms with E-state index in [1.165, 1.54) is 6.07 Å². The average Bonchev–Trinajstić information content (AvgIpc) is 2.69. The molecule has 10 heteroatoms. The Kier molecular flexibility index (Phi) is 5.76. The highest BCUT2D eigenvalue weighted by atomic mass is 35.5. The van der Waals surface area contributed by atoms with Crippen LogP contribution in [-0.4, -0.2) is 61.0 Å². The molecule has 0 aliphatic heterocycles. The summed E-state index contributed by atoms with van der Waals surface area (Å²) in [6, 6.07) is 2.48. The molecule has 1 aromatic carbocycles. The first-order chi connectivity index (χ1) is 16.0. The first-order valence-corrected chi connectivity index (χ1v) is 11.9. The Morgan fingerprint density at radius 2 is 1.77 bits per heavy atom. The normalized spacial score (nSPS) is 40.7. The monoisotopic (exact) mass is 507 g/mol. The topological polar surface area (TPSA) is 175 Å². The number of ketones is 2. The van der Waals surface area contributed by atoms with Gasteiger partial charge < -0.3 is 26.2 Å². The van der Waals surface area contributed by atoms with Gasteiger partial charge in [0.25, 0.3) is 5.24 Å². The molecule has 1 amide bonds. The molecule has 0 saturated heterocycles. The SMILES string of the molecule is CC(C)[C@H]1C(O)[C@@H](C(N)=O)C(=O)[C@]2(O)C(O)[C@H]3C(=O)c4c(O)ccc(C(=O)Cl)c4C[C@]3(C)C[C@]12C. The maximum atomic E-state index is 13.7. The first kappa shape index (κ1) is 25.8. The molecule has 2 unspecified atom stereocenters. The van der Waals surface area contributed by atoms with Crippen LogP contribution in [-0.2, 0) is 16.0 Å². The number of carbonyl (C=O) groups excluding carboxylic acids is 4. The third kappa shape index (κ3) is 3.11. The third-order valence-corrected chi connectivity index (χ3v) is 9.08. The zero-order chi connectivity index (χ0) is 26.4. The van der Waals surface area contributed by atoms with Crippen molar-refractivity contribution in [3.8, 4) is 5.75 Å². The van der Waals surface area contributed by atoms with Crippen molar-refractivity contribution in [2.45, 2.75) is 58.3 Å². The molecule has 8 atom stereocenters. The van der Waals surface area contributed by atoms with E-state index < -0.39 is 74.9 Å². The highest BCUT2D eigenvalue weighted by Crippen LogP contribution is 2.65. The van der Waals surface area contributed by atoms with Crippen molar-refractivity contribution < 1.29 is 39.6 Å². The van der Waals surface area contributed by atoms with Gasteiger partial charge in [0.1, 0.15) is 17.8 Å². The van der Waals surface area contributed by atoms with Gasteiger partial charge in [-0.1, -0.05) is 27.7 Å². The molecule has 4 rings (SSSR count). The highest BCUT2D eigenvalue weighted by molar-refractivity contribution is 6.68. The molecule has 190 valence electrons. The van der Waals surface area contributed by atoms with Crippen molar-refractivity contribution in [2.75, 3.05) is 0 Å². The van der Waals surface area contributed by atoms with Gasteiger partial charge in [0.15, 0.2) is 17.2 Å². The predicted molar refractivity (Wildman–Crippen MR) is 124 cm³/mol. The molecular weight excluding hydrogens is 478 g/mol. The number of phenolic OH excluding ortho intramolecular Hbond substituents is 1. The van der Waals surface area contributed by atoms with Crippen molar-refractivity contribution in [1.29, 1.82) is 0 Å². The van der Waals surface area contributed by atoms with Gasteiger partial charge >= 0.3 is 0 Å². The average molecular weight is 508 g/mol. The molecule has 35 heavy (non-hydrogen) atoms. The molecular formula is C25H30ClNO8. The second-order valence-electron chi connectivity index (χ2n) is 11.2. The number of hydrogen-bond donors (Lipinski definition) is 5. The van der Waals surface area contributed by atoms with Crippen LogP contribution in [0, 0.1) is 34.5 Å². The number of primary amides is 1. The van der Waals surface area contributed by atoms with Crippen LogP contribution in [0.2, 0.25) is 0 Å². The Bertz CT molecular complexity index is 1170. The van der Waals surface area contributed by atoms with Gasteiger partial charge in [0.05, 0.1) is 17.6 Å². The van der Waals surface area contributed by atoms with Gasteiger partial charge in [-0.15, -0.1) is 0 Å². The van der Waals surface area contributed by atoms with Crippen molar-refractivity contribution in [3.63, 3.8) is 0 Å². The van der Waals surface area contributed by atoms with Crippen LogP contribution < -0.4 is 5.73 Å². The molecule has 9 nitrogen and oxygen atoms in total. The molecule has 2 fully saturated rings. The van der Waals surface area contributed by atoms with E-state index in [2.05, 4.69) is 0 Å². The number of fused-ring (bicyclic) bond motifs is 3. The number of halogens is 1. The van der Waals surface area contributed by atoms with Crippen LogP contribution >= 0.6 is 11.6 Å². The minimum Gasteiger partial charge on any atom is -0.507 e. The number of rotatable bonds is 3. The Labute approximate surface area is 207 Å².